The summed E-state index contributed by atoms with van der Waals surface area (Å²) in [5.41, 5.74) is 0.452. The summed E-state index contributed by atoms with van der Waals surface area (Å²) in [6, 6.07) is 11.8. The van der Waals surface area contributed by atoms with Gasteiger partial charge in [0, 0.05) is 28.9 Å². The number of carbonyl (C=O) groups excluding carboxylic acids is 3. The van der Waals surface area contributed by atoms with Crippen LogP contribution in [0.5, 0.6) is 0 Å². The normalized spacial score (nSPS) is 25.0. The monoisotopic (exact) mass is 474 g/mol. The van der Waals surface area contributed by atoms with Gasteiger partial charge in [-0.05, 0) is 36.4 Å². The number of nitrogens with zero attached hydrogens (tertiary/aromatic N) is 4. The van der Waals surface area contributed by atoms with E-state index in [4.69, 9.17) is 11.6 Å². The van der Waals surface area contributed by atoms with Crippen LogP contribution in [-0.2, 0) is 9.59 Å². The smallest absolute Gasteiger partial charge is 0.270 e. The van der Waals surface area contributed by atoms with E-state index in [9.17, 15) is 29.8 Å². The van der Waals surface area contributed by atoms with Crippen LogP contribution in [0.2, 0.25) is 5.02 Å². The van der Waals surface area contributed by atoms with Gasteiger partial charge in [-0.1, -0.05) is 23.7 Å². The number of halogens is 1. The Bertz CT molecular complexity index is 1360. The van der Waals surface area contributed by atoms with Crippen molar-refractivity contribution in [1.82, 2.24) is 4.90 Å². The molecule has 2 amide bonds. The maximum Gasteiger partial charge on any atom is 0.270 e. The molecule has 0 unspecified atom stereocenters. The Morgan fingerprint density at radius 2 is 1.79 bits per heavy atom. The van der Waals surface area contributed by atoms with Gasteiger partial charge in [0.05, 0.1) is 40.1 Å². The summed E-state index contributed by atoms with van der Waals surface area (Å²) in [6.45, 7) is 0. The van der Waals surface area contributed by atoms with Crippen molar-refractivity contribution in [1.29, 1.82) is 5.26 Å². The van der Waals surface area contributed by atoms with E-state index in [1.807, 2.05) is 6.07 Å². The minimum Gasteiger partial charge on any atom is -0.359 e. The van der Waals surface area contributed by atoms with Crippen LogP contribution in [0.15, 0.2) is 72.5 Å². The van der Waals surface area contributed by atoms with Gasteiger partial charge in [-0.15, -0.1) is 0 Å². The summed E-state index contributed by atoms with van der Waals surface area (Å²) in [5, 5.41) is 21.0. The third-order valence-electron chi connectivity index (χ3n) is 6.37. The van der Waals surface area contributed by atoms with Crippen molar-refractivity contribution in [2.75, 3.05) is 4.90 Å². The first-order chi connectivity index (χ1) is 16.3. The zero-order chi connectivity index (χ0) is 24.1. The second-order valence-corrected chi connectivity index (χ2v) is 8.58. The van der Waals surface area contributed by atoms with Crippen LogP contribution >= 0.6 is 11.6 Å². The second kappa shape index (κ2) is 7.93. The quantitative estimate of drug-likeness (QED) is 0.288. The number of ketones is 1. The van der Waals surface area contributed by atoms with Gasteiger partial charge < -0.3 is 4.90 Å². The molecular weight excluding hydrogens is 460 g/mol. The van der Waals surface area contributed by atoms with Crippen LogP contribution < -0.4 is 4.90 Å². The number of nitro groups is 1. The molecule has 3 aliphatic heterocycles. The van der Waals surface area contributed by atoms with Crippen molar-refractivity contribution in [3.8, 4) is 6.07 Å². The molecule has 9 nitrogen and oxygen atoms in total. The van der Waals surface area contributed by atoms with E-state index in [1.54, 1.807) is 35.2 Å². The van der Waals surface area contributed by atoms with Crippen molar-refractivity contribution < 1.29 is 19.3 Å². The molecule has 0 N–H and O–H groups in total. The number of amides is 2. The molecule has 2 aromatic carbocycles. The van der Waals surface area contributed by atoms with E-state index >= 15 is 0 Å². The first-order valence-electron chi connectivity index (χ1n) is 10.3. The number of non-ortho nitro benzene ring substituents is 1. The summed E-state index contributed by atoms with van der Waals surface area (Å²) in [7, 11) is 0. The summed E-state index contributed by atoms with van der Waals surface area (Å²) in [5.74, 6) is -3.47. The number of hydrogen-bond acceptors (Lipinski definition) is 7. The number of nitro benzene ring substituents is 1. The standard InChI is InChI=1S/C24H15ClN4O5/c25-15-4-6-16(7-5-15)28-23(31)19-18-10-13(12-26)8-9-27(18)21(20(19)24(28)32)22(30)14-2-1-3-17(11-14)29(33)34/h1-11,18-21H/t18-,19-,20+,21-/m1/s1. The van der Waals surface area contributed by atoms with E-state index in [0.717, 1.165) is 11.0 Å². The predicted octanol–water partition coefficient (Wildman–Crippen LogP) is 3.27. The molecule has 2 saturated heterocycles. The van der Waals surface area contributed by atoms with Gasteiger partial charge in [-0.2, -0.15) is 5.26 Å². The van der Waals surface area contributed by atoms with Crippen molar-refractivity contribution >= 4 is 40.6 Å². The number of carbonyl (C=O) groups is 3. The number of allylic oxidation sites excluding steroid dienone is 2. The van der Waals surface area contributed by atoms with Crippen molar-refractivity contribution in [3.63, 3.8) is 0 Å². The topological polar surface area (TPSA) is 125 Å². The van der Waals surface area contributed by atoms with Gasteiger partial charge in [-0.25, -0.2) is 4.90 Å². The fourth-order valence-electron chi connectivity index (χ4n) is 4.91. The second-order valence-electron chi connectivity index (χ2n) is 8.14. The Labute approximate surface area is 198 Å². The number of Topliss-reactive ketones (excluding diaryl/α,β-unsaturated/α-hetero) is 1. The third kappa shape index (κ3) is 3.19. The first-order valence-corrected chi connectivity index (χ1v) is 10.7. The van der Waals surface area contributed by atoms with Crippen LogP contribution in [0.3, 0.4) is 0 Å². The van der Waals surface area contributed by atoms with E-state index in [-0.39, 0.29) is 11.3 Å². The number of benzene rings is 2. The van der Waals surface area contributed by atoms with Crippen LogP contribution in [0.4, 0.5) is 11.4 Å². The average Bonchev–Trinajstić information content (AvgIpc) is 3.31. The molecule has 5 rings (SSSR count). The largest absolute Gasteiger partial charge is 0.359 e. The van der Waals surface area contributed by atoms with Crippen molar-refractivity contribution in [3.05, 3.63) is 93.2 Å². The Hall–Kier alpha value is -4.29. The van der Waals surface area contributed by atoms with Gasteiger partial charge >= 0.3 is 0 Å². The molecule has 0 radical (unpaired) electrons. The minimum absolute atomic E-state index is 0.0623. The van der Waals surface area contributed by atoms with Gasteiger partial charge in [0.15, 0.2) is 5.78 Å². The molecule has 3 aliphatic rings. The van der Waals surface area contributed by atoms with E-state index in [0.29, 0.717) is 16.3 Å². The molecule has 0 spiro atoms. The molecule has 34 heavy (non-hydrogen) atoms. The molecule has 0 aromatic heterocycles. The molecule has 4 atom stereocenters. The van der Waals surface area contributed by atoms with Gasteiger partial charge in [0.1, 0.15) is 6.04 Å². The molecule has 2 aromatic rings. The van der Waals surface area contributed by atoms with Crippen LogP contribution in [0.1, 0.15) is 10.4 Å². The minimum atomic E-state index is -1.07. The van der Waals surface area contributed by atoms with E-state index in [2.05, 4.69) is 0 Å². The molecule has 0 saturated carbocycles. The first kappa shape index (κ1) is 21.6. The fraction of sp³-hybridized carbons (Fsp3) is 0.167. The molecule has 0 bridgehead atoms. The summed E-state index contributed by atoms with van der Waals surface area (Å²) in [6.07, 6.45) is 4.63. The Morgan fingerprint density at radius 1 is 1.09 bits per heavy atom. The number of hydrogen-bond donors (Lipinski definition) is 0. The van der Waals surface area contributed by atoms with Gasteiger partial charge in [-0.3, -0.25) is 24.5 Å². The molecule has 2 fully saturated rings. The fourth-order valence-corrected chi connectivity index (χ4v) is 5.04. The number of imide groups is 1. The summed E-state index contributed by atoms with van der Waals surface area (Å²) < 4.78 is 0. The molecular formula is C24H15ClN4O5. The Balaban J connectivity index is 1.60. The van der Waals surface area contributed by atoms with Crippen LogP contribution in [0.25, 0.3) is 0 Å². The third-order valence-corrected chi connectivity index (χ3v) is 6.62. The van der Waals surface area contributed by atoms with Crippen molar-refractivity contribution in [2.45, 2.75) is 12.1 Å². The highest BCUT2D eigenvalue weighted by Gasteiger charge is 2.63. The number of nitriles is 1. The maximum absolute atomic E-state index is 13.6. The predicted molar refractivity (Wildman–Crippen MR) is 121 cm³/mol. The van der Waals surface area contributed by atoms with Crippen LogP contribution in [-0.4, -0.2) is 39.5 Å². The van der Waals surface area contributed by atoms with E-state index < -0.39 is 46.4 Å². The molecule has 10 heteroatoms. The summed E-state index contributed by atoms with van der Waals surface area (Å²) >= 11 is 5.94. The number of anilines is 1. The number of fused-ring (bicyclic) bond motifs is 3. The lowest BCUT2D eigenvalue weighted by molar-refractivity contribution is -0.384. The molecule has 168 valence electrons. The highest BCUT2D eigenvalue weighted by atomic mass is 35.5. The lowest BCUT2D eigenvalue weighted by Crippen LogP contribution is -2.46. The highest BCUT2D eigenvalue weighted by Crippen LogP contribution is 2.47. The SMILES string of the molecule is N#CC1=C[C@@H]2[C@H]3C(=O)N(c4ccc(Cl)cc4)C(=O)[C@@H]3[C@H](C(=O)c3cccc([N+](=O)[O-])c3)N2C=C1. The van der Waals surface area contributed by atoms with E-state index in [1.165, 1.54) is 30.5 Å². The molecule has 3 heterocycles. The number of rotatable bonds is 4. The van der Waals surface area contributed by atoms with Crippen molar-refractivity contribution in [2.24, 2.45) is 11.8 Å². The Kier molecular flexibility index (Phi) is 5.03. The highest BCUT2D eigenvalue weighted by molar-refractivity contribution is 6.31. The Morgan fingerprint density at radius 3 is 2.47 bits per heavy atom. The zero-order valence-electron chi connectivity index (χ0n) is 17.4. The zero-order valence-corrected chi connectivity index (χ0v) is 18.1. The van der Waals surface area contributed by atoms with Gasteiger partial charge in [0.2, 0.25) is 11.8 Å². The van der Waals surface area contributed by atoms with Crippen LogP contribution in [0, 0.1) is 33.3 Å². The maximum atomic E-state index is 13.6. The van der Waals surface area contributed by atoms with Gasteiger partial charge in [0.25, 0.3) is 5.69 Å². The lowest BCUT2D eigenvalue weighted by atomic mass is 9.86. The average molecular weight is 475 g/mol. The molecule has 0 aliphatic carbocycles. The summed E-state index contributed by atoms with van der Waals surface area (Å²) in [4.78, 5) is 54.0. The lowest BCUT2D eigenvalue weighted by Gasteiger charge is -2.32.